The molecule has 0 unspecified atom stereocenters. The van der Waals surface area contributed by atoms with Gasteiger partial charge >= 0.3 is 0 Å². The van der Waals surface area contributed by atoms with Crippen LogP contribution in [-0.4, -0.2) is 51.5 Å². The number of pyridine rings is 1. The second-order valence-corrected chi connectivity index (χ2v) is 11.6. The van der Waals surface area contributed by atoms with Crippen LogP contribution in [-0.2, 0) is 4.79 Å². The maximum atomic E-state index is 15.3. The van der Waals surface area contributed by atoms with Crippen molar-refractivity contribution in [3.63, 3.8) is 0 Å². The van der Waals surface area contributed by atoms with Gasteiger partial charge in [-0.25, -0.2) is 18.2 Å². The van der Waals surface area contributed by atoms with Crippen molar-refractivity contribution >= 4 is 28.6 Å². The normalized spacial score (nSPS) is 22.6. The van der Waals surface area contributed by atoms with E-state index >= 15 is 13.2 Å². The number of benzene rings is 1. The van der Waals surface area contributed by atoms with Crippen LogP contribution in [0.25, 0.3) is 22.2 Å². The van der Waals surface area contributed by atoms with E-state index in [1.807, 2.05) is 6.92 Å². The second-order valence-electron chi connectivity index (χ2n) is 11.6. The quantitative estimate of drug-likeness (QED) is 0.382. The van der Waals surface area contributed by atoms with Crippen LogP contribution in [0, 0.1) is 29.3 Å². The molecule has 40 heavy (non-hydrogen) atoms. The molecular weight excluding hydrogens is 521 g/mol. The molecule has 1 aromatic carbocycles. The third-order valence-corrected chi connectivity index (χ3v) is 8.19. The second kappa shape index (κ2) is 10.8. The van der Waals surface area contributed by atoms with E-state index in [2.05, 4.69) is 39.6 Å². The molecule has 5 rings (SSSR count). The summed E-state index contributed by atoms with van der Waals surface area (Å²) < 4.78 is 46.7. The lowest BCUT2D eigenvalue weighted by molar-refractivity contribution is -0.117. The number of hydrogen-bond acceptors (Lipinski definition) is 6. The van der Waals surface area contributed by atoms with Crippen LogP contribution in [0.2, 0.25) is 0 Å². The number of aromatic nitrogens is 3. The Hall–Kier alpha value is -3.47. The van der Waals surface area contributed by atoms with E-state index in [-0.39, 0.29) is 29.5 Å². The Morgan fingerprint density at radius 3 is 2.35 bits per heavy atom. The molecule has 8 nitrogen and oxygen atoms in total. The van der Waals surface area contributed by atoms with Gasteiger partial charge in [0.15, 0.2) is 17.5 Å². The van der Waals surface area contributed by atoms with Crippen LogP contribution in [0.3, 0.4) is 0 Å². The highest BCUT2D eigenvalue weighted by atomic mass is 19.2. The first-order valence-corrected chi connectivity index (χ1v) is 13.8. The van der Waals surface area contributed by atoms with Gasteiger partial charge in [-0.1, -0.05) is 6.92 Å². The zero-order valence-electron chi connectivity index (χ0n) is 23.4. The number of hydrogen-bond donors (Lipinski definition) is 2. The Morgan fingerprint density at radius 1 is 1.07 bits per heavy atom. The minimum absolute atomic E-state index is 0.110. The van der Waals surface area contributed by atoms with E-state index in [1.165, 1.54) is 16.8 Å². The molecule has 11 heteroatoms. The van der Waals surface area contributed by atoms with Gasteiger partial charge in [0.05, 0.1) is 5.56 Å². The van der Waals surface area contributed by atoms with E-state index < -0.39 is 40.2 Å². The fourth-order valence-electron chi connectivity index (χ4n) is 5.59. The van der Waals surface area contributed by atoms with Gasteiger partial charge in [-0.05, 0) is 78.1 Å². The summed E-state index contributed by atoms with van der Waals surface area (Å²) in [5.41, 5.74) is -1.91. The number of nitrogens with one attached hydrogen (secondary N) is 2. The van der Waals surface area contributed by atoms with Gasteiger partial charge in [0.2, 0.25) is 11.9 Å². The summed E-state index contributed by atoms with van der Waals surface area (Å²) in [4.78, 5) is 37.1. The van der Waals surface area contributed by atoms with E-state index in [1.54, 1.807) is 13.8 Å². The molecular formula is C29H35F3N6O2. The van der Waals surface area contributed by atoms with Crippen LogP contribution >= 0.6 is 0 Å². The van der Waals surface area contributed by atoms with Crippen LogP contribution < -0.4 is 16.2 Å². The number of carbonyl (C=O) groups excluding carboxylic acids is 1. The van der Waals surface area contributed by atoms with Crippen molar-refractivity contribution in [3.8, 4) is 11.1 Å². The fraction of sp³-hybridized carbons (Fsp3) is 0.517. The summed E-state index contributed by atoms with van der Waals surface area (Å²) in [5, 5.41) is 5.97. The van der Waals surface area contributed by atoms with Crippen LogP contribution in [0.1, 0.15) is 58.9 Å². The molecule has 0 aliphatic heterocycles. The SMILES string of the molecule is CC(C)n1c(=O)c(-c2cc(F)c(NC(=O)[C@@H]3C[C@@H]3C)c(F)c2F)cc2cnc(NC3CCC(N(C)C)CC3)nc21. The molecule has 2 heterocycles. The Balaban J connectivity index is 1.49. The van der Waals surface area contributed by atoms with Gasteiger partial charge in [0.1, 0.15) is 11.3 Å². The molecule has 2 N–H and O–H groups in total. The monoisotopic (exact) mass is 556 g/mol. The third-order valence-electron chi connectivity index (χ3n) is 8.19. The van der Waals surface area contributed by atoms with E-state index in [4.69, 9.17) is 0 Å². The summed E-state index contributed by atoms with van der Waals surface area (Å²) in [7, 11) is 4.17. The minimum atomic E-state index is -1.55. The lowest BCUT2D eigenvalue weighted by Gasteiger charge is -2.33. The van der Waals surface area contributed by atoms with E-state index in [0.717, 1.165) is 31.7 Å². The van der Waals surface area contributed by atoms with Crippen molar-refractivity contribution in [2.45, 2.75) is 71.0 Å². The van der Waals surface area contributed by atoms with Crippen molar-refractivity contribution in [2.24, 2.45) is 11.8 Å². The maximum Gasteiger partial charge on any atom is 0.260 e. The standard InChI is InChI=1S/C29H35F3N6O2/c1-14(2)38-26-16(13-33-29(36-26)34-17-6-8-18(9-7-17)37(4)5)11-21(28(38)40)20-12-22(30)25(24(32)23(20)31)35-27(39)19-10-15(19)3/h11-15,17-19H,6-10H2,1-5H3,(H,35,39)(H,33,34,36)/t15-,17?,18?,19+/m0/s1. The summed E-state index contributed by atoms with van der Waals surface area (Å²) in [6.07, 6.45) is 6.17. The van der Waals surface area contributed by atoms with Crippen molar-refractivity contribution in [2.75, 3.05) is 24.7 Å². The number of amides is 1. The Morgan fingerprint density at radius 2 is 1.75 bits per heavy atom. The first kappa shape index (κ1) is 28.1. The Labute approximate surface area is 231 Å². The smallest absolute Gasteiger partial charge is 0.260 e. The summed E-state index contributed by atoms with van der Waals surface area (Å²) in [6, 6.07) is 2.46. The molecule has 2 aliphatic rings. The minimum Gasteiger partial charge on any atom is -0.351 e. The van der Waals surface area contributed by atoms with Gasteiger partial charge in [-0.15, -0.1) is 0 Å². The van der Waals surface area contributed by atoms with Crippen molar-refractivity contribution in [1.29, 1.82) is 0 Å². The molecule has 3 aromatic rings. The first-order valence-electron chi connectivity index (χ1n) is 13.8. The molecule has 0 spiro atoms. The molecule has 2 aromatic heterocycles. The zero-order valence-corrected chi connectivity index (χ0v) is 23.4. The lowest BCUT2D eigenvalue weighted by Crippen LogP contribution is -2.36. The molecule has 1 amide bonds. The summed E-state index contributed by atoms with van der Waals surface area (Å²) in [6.45, 7) is 5.40. The maximum absolute atomic E-state index is 15.3. The molecule has 2 atom stereocenters. The zero-order chi connectivity index (χ0) is 28.9. The topological polar surface area (TPSA) is 92.1 Å². The predicted octanol–water partition coefficient (Wildman–Crippen LogP) is 5.34. The highest BCUT2D eigenvalue weighted by Crippen LogP contribution is 2.39. The summed E-state index contributed by atoms with van der Waals surface area (Å²) >= 11 is 0. The highest BCUT2D eigenvalue weighted by molar-refractivity contribution is 5.95. The largest absolute Gasteiger partial charge is 0.351 e. The van der Waals surface area contributed by atoms with E-state index in [9.17, 15) is 9.59 Å². The van der Waals surface area contributed by atoms with Gasteiger partial charge < -0.3 is 15.5 Å². The number of anilines is 2. The average Bonchev–Trinajstić information content (AvgIpc) is 3.65. The number of rotatable bonds is 7. The van der Waals surface area contributed by atoms with Crippen LogP contribution in [0.15, 0.2) is 23.1 Å². The predicted molar refractivity (Wildman–Crippen MR) is 149 cm³/mol. The Bertz CT molecular complexity index is 1510. The molecule has 2 saturated carbocycles. The number of carbonyl (C=O) groups is 1. The molecule has 214 valence electrons. The molecule has 0 saturated heterocycles. The first-order chi connectivity index (χ1) is 19.0. The van der Waals surface area contributed by atoms with Crippen LogP contribution in [0.4, 0.5) is 24.8 Å². The van der Waals surface area contributed by atoms with Crippen molar-refractivity contribution in [3.05, 3.63) is 46.1 Å². The number of fused-ring (bicyclic) bond motifs is 1. The fourth-order valence-corrected chi connectivity index (χ4v) is 5.59. The van der Waals surface area contributed by atoms with E-state index in [0.29, 0.717) is 29.4 Å². The van der Waals surface area contributed by atoms with Gasteiger partial charge in [-0.2, -0.15) is 4.98 Å². The summed E-state index contributed by atoms with van der Waals surface area (Å²) in [5.74, 6) is -4.54. The van der Waals surface area contributed by atoms with Crippen molar-refractivity contribution in [1.82, 2.24) is 19.4 Å². The molecule has 2 aliphatic carbocycles. The molecule has 0 bridgehead atoms. The average molecular weight is 557 g/mol. The Kier molecular flexibility index (Phi) is 7.60. The van der Waals surface area contributed by atoms with Gasteiger partial charge in [-0.3, -0.25) is 14.2 Å². The molecule has 0 radical (unpaired) electrons. The molecule has 2 fully saturated rings. The highest BCUT2D eigenvalue weighted by Gasteiger charge is 2.40. The van der Waals surface area contributed by atoms with Gasteiger partial charge in [0.25, 0.3) is 5.56 Å². The number of halogens is 3. The number of nitrogens with zero attached hydrogens (tertiary/aromatic N) is 4. The van der Waals surface area contributed by atoms with Crippen molar-refractivity contribution < 1.29 is 18.0 Å². The third kappa shape index (κ3) is 5.31. The lowest BCUT2D eigenvalue weighted by atomic mass is 9.91. The van der Waals surface area contributed by atoms with Crippen LogP contribution in [0.5, 0.6) is 0 Å². The van der Waals surface area contributed by atoms with Gasteiger partial charge in [0, 0.05) is 41.2 Å².